The molecule has 0 spiro atoms. The fraction of sp³-hybridized carbons (Fsp3) is 0.455. The first-order valence-corrected chi connectivity index (χ1v) is 4.80. The number of carboxylic acids is 1. The van der Waals surface area contributed by atoms with Crippen molar-refractivity contribution in [3.63, 3.8) is 0 Å². The highest BCUT2D eigenvalue weighted by Crippen LogP contribution is 2.12. The molecule has 0 aliphatic carbocycles. The van der Waals surface area contributed by atoms with Crippen molar-refractivity contribution < 1.29 is 24.2 Å². The molecule has 1 rings (SSSR count). The van der Waals surface area contributed by atoms with Gasteiger partial charge in [0.05, 0.1) is 6.61 Å². The summed E-state index contributed by atoms with van der Waals surface area (Å²) >= 11 is 0. The molecule has 1 saturated heterocycles. The van der Waals surface area contributed by atoms with Crippen LogP contribution in [0.3, 0.4) is 0 Å². The van der Waals surface area contributed by atoms with Crippen LogP contribution >= 0.6 is 0 Å². The highest BCUT2D eigenvalue weighted by molar-refractivity contribution is 5.84. The van der Waals surface area contributed by atoms with Crippen LogP contribution in [0.1, 0.15) is 19.8 Å². The maximum atomic E-state index is 10.5. The number of carboxylic acid groups (broad SMARTS) is 1. The van der Waals surface area contributed by atoms with Gasteiger partial charge in [-0.15, -0.1) is 0 Å². The molecule has 0 saturated carbocycles. The molecule has 0 aromatic rings. The molecule has 5 nitrogen and oxygen atoms in total. The summed E-state index contributed by atoms with van der Waals surface area (Å²) in [6.45, 7) is 8.56. The smallest absolute Gasteiger partial charge is 0.332 e. The summed E-state index contributed by atoms with van der Waals surface area (Å²) in [5.41, 5.74) is 0.176. The van der Waals surface area contributed by atoms with E-state index in [0.717, 1.165) is 18.9 Å². The van der Waals surface area contributed by atoms with Gasteiger partial charge in [-0.25, -0.2) is 9.59 Å². The predicted octanol–water partition coefficient (Wildman–Crippen LogP) is 1.50. The van der Waals surface area contributed by atoms with Gasteiger partial charge < -0.3 is 14.6 Å². The third-order valence-electron chi connectivity index (χ3n) is 1.67. The maximum absolute atomic E-state index is 10.5. The van der Waals surface area contributed by atoms with E-state index in [-0.39, 0.29) is 11.9 Å². The molecule has 1 N–H and O–H groups in total. The zero-order valence-corrected chi connectivity index (χ0v) is 9.27. The molecule has 0 aromatic carbocycles. The largest absolute Gasteiger partial charge is 0.478 e. The van der Waals surface area contributed by atoms with Crippen LogP contribution in [-0.2, 0) is 19.1 Å². The Balaban J connectivity index is 0.000000325. The van der Waals surface area contributed by atoms with Gasteiger partial charge >= 0.3 is 11.9 Å². The normalized spacial score (nSPS) is 17.9. The summed E-state index contributed by atoms with van der Waals surface area (Å²) < 4.78 is 9.82. The molecule has 1 unspecified atom stereocenters. The number of rotatable bonds is 3. The number of esters is 1. The van der Waals surface area contributed by atoms with Gasteiger partial charge in [-0.2, -0.15) is 0 Å². The zero-order valence-electron chi connectivity index (χ0n) is 9.27. The minimum atomic E-state index is -0.935. The molecule has 0 aromatic heterocycles. The first-order chi connectivity index (χ1) is 7.47. The van der Waals surface area contributed by atoms with Crippen molar-refractivity contribution in [2.75, 3.05) is 6.61 Å². The Kier molecular flexibility index (Phi) is 6.87. The minimum Gasteiger partial charge on any atom is -0.478 e. The second kappa shape index (κ2) is 7.64. The Morgan fingerprint density at radius 2 is 2.12 bits per heavy atom. The van der Waals surface area contributed by atoms with E-state index in [4.69, 9.17) is 14.6 Å². The monoisotopic (exact) mass is 228 g/mol. The highest BCUT2D eigenvalue weighted by atomic mass is 16.7. The van der Waals surface area contributed by atoms with Crippen LogP contribution in [0.25, 0.3) is 0 Å². The lowest BCUT2D eigenvalue weighted by Crippen LogP contribution is -2.14. The van der Waals surface area contributed by atoms with Crippen LogP contribution < -0.4 is 0 Å². The second-order valence-corrected chi connectivity index (χ2v) is 3.17. The summed E-state index contributed by atoms with van der Waals surface area (Å²) in [6.07, 6.45) is 2.58. The van der Waals surface area contributed by atoms with Crippen LogP contribution in [-0.4, -0.2) is 29.9 Å². The fourth-order valence-electron chi connectivity index (χ4n) is 0.819. The summed E-state index contributed by atoms with van der Waals surface area (Å²) in [7, 11) is 0. The zero-order chi connectivity index (χ0) is 12.6. The Morgan fingerprint density at radius 1 is 1.56 bits per heavy atom. The first kappa shape index (κ1) is 14.4. The lowest BCUT2D eigenvalue weighted by Gasteiger charge is -2.07. The lowest BCUT2D eigenvalue weighted by molar-refractivity contribution is -0.163. The quantitative estimate of drug-likeness (QED) is 0.585. The maximum Gasteiger partial charge on any atom is 0.332 e. The Hall–Kier alpha value is -1.62. The van der Waals surface area contributed by atoms with E-state index in [1.165, 1.54) is 6.92 Å². The van der Waals surface area contributed by atoms with Gasteiger partial charge in [-0.1, -0.05) is 13.2 Å². The van der Waals surface area contributed by atoms with E-state index in [0.29, 0.717) is 6.61 Å². The molecule has 5 heteroatoms. The predicted molar refractivity (Wildman–Crippen MR) is 57.7 cm³/mol. The summed E-state index contributed by atoms with van der Waals surface area (Å²) in [5.74, 6) is -1.35. The van der Waals surface area contributed by atoms with Gasteiger partial charge in [0.1, 0.15) is 0 Å². The van der Waals surface area contributed by atoms with Crippen LogP contribution in [0.15, 0.2) is 24.8 Å². The number of hydrogen-bond donors (Lipinski definition) is 1. The van der Waals surface area contributed by atoms with Crippen molar-refractivity contribution in [2.45, 2.75) is 26.1 Å². The van der Waals surface area contributed by atoms with Crippen molar-refractivity contribution >= 4 is 11.9 Å². The number of hydrogen-bond acceptors (Lipinski definition) is 4. The Labute approximate surface area is 94.4 Å². The lowest BCUT2D eigenvalue weighted by atomic mass is 10.4. The Bertz CT molecular complexity index is 264. The third kappa shape index (κ3) is 6.78. The van der Waals surface area contributed by atoms with Gasteiger partial charge in [0.15, 0.2) is 0 Å². The molecule has 1 aliphatic rings. The van der Waals surface area contributed by atoms with E-state index in [1.54, 1.807) is 0 Å². The molecular weight excluding hydrogens is 212 g/mol. The topological polar surface area (TPSA) is 72.8 Å². The van der Waals surface area contributed by atoms with Crippen LogP contribution in [0.4, 0.5) is 0 Å². The van der Waals surface area contributed by atoms with E-state index in [9.17, 15) is 9.59 Å². The summed E-state index contributed by atoms with van der Waals surface area (Å²) in [4.78, 5) is 20.1. The third-order valence-corrected chi connectivity index (χ3v) is 1.67. The van der Waals surface area contributed by atoms with Crippen LogP contribution in [0.5, 0.6) is 0 Å². The molecule has 0 bridgehead atoms. The standard InChI is InChI=1S/C7H10O3.C4H6O2/c1-2-6(8)10-7-4-3-5-9-7;1-3(2)4(5)6/h2,7H,1,3-5H2;1H2,2H3,(H,5,6). The second-order valence-electron chi connectivity index (χ2n) is 3.17. The summed E-state index contributed by atoms with van der Waals surface area (Å²) in [5, 5.41) is 7.89. The van der Waals surface area contributed by atoms with Crippen molar-refractivity contribution in [1.29, 1.82) is 0 Å². The molecule has 0 radical (unpaired) electrons. The molecule has 1 aliphatic heterocycles. The molecule has 0 amide bonds. The molecular formula is C11H16O5. The van der Waals surface area contributed by atoms with E-state index in [2.05, 4.69) is 13.2 Å². The van der Waals surface area contributed by atoms with Crippen molar-refractivity contribution in [2.24, 2.45) is 0 Å². The van der Waals surface area contributed by atoms with Gasteiger partial charge in [0.25, 0.3) is 0 Å². The average Bonchev–Trinajstić information content (AvgIpc) is 2.71. The van der Waals surface area contributed by atoms with Gasteiger partial charge in [-0.3, -0.25) is 0 Å². The number of carbonyl (C=O) groups excluding carboxylic acids is 1. The van der Waals surface area contributed by atoms with Crippen LogP contribution in [0, 0.1) is 0 Å². The first-order valence-electron chi connectivity index (χ1n) is 4.80. The SMILES string of the molecule is C=C(C)C(=O)O.C=CC(=O)OC1CCCO1. The molecule has 1 atom stereocenters. The van der Waals surface area contributed by atoms with Crippen LogP contribution in [0.2, 0.25) is 0 Å². The molecule has 1 heterocycles. The Morgan fingerprint density at radius 3 is 2.44 bits per heavy atom. The number of aliphatic carboxylic acids is 1. The average molecular weight is 228 g/mol. The van der Waals surface area contributed by atoms with Gasteiger partial charge in [0, 0.05) is 18.1 Å². The minimum absolute atomic E-state index is 0.176. The molecule has 16 heavy (non-hydrogen) atoms. The van der Waals surface area contributed by atoms with Gasteiger partial charge in [-0.05, 0) is 13.3 Å². The van der Waals surface area contributed by atoms with Crippen molar-refractivity contribution in [1.82, 2.24) is 0 Å². The molecule has 90 valence electrons. The van der Waals surface area contributed by atoms with E-state index in [1.807, 2.05) is 0 Å². The fourth-order valence-corrected chi connectivity index (χ4v) is 0.819. The van der Waals surface area contributed by atoms with E-state index >= 15 is 0 Å². The number of carbonyl (C=O) groups is 2. The van der Waals surface area contributed by atoms with Crippen molar-refractivity contribution in [3.8, 4) is 0 Å². The highest BCUT2D eigenvalue weighted by Gasteiger charge is 2.17. The summed E-state index contributed by atoms with van der Waals surface area (Å²) in [6, 6.07) is 0. The molecule has 1 fully saturated rings. The number of ether oxygens (including phenoxy) is 2. The van der Waals surface area contributed by atoms with E-state index < -0.39 is 11.9 Å². The van der Waals surface area contributed by atoms with Gasteiger partial charge in [0.2, 0.25) is 6.29 Å². The van der Waals surface area contributed by atoms with Crippen molar-refractivity contribution in [3.05, 3.63) is 24.8 Å².